The molecule has 0 fully saturated rings. The summed E-state index contributed by atoms with van der Waals surface area (Å²) in [6, 6.07) is 7.74. The number of anilines is 1. The standard InChI is InChI=1S/C14H16BrN3O/c1-8(2)12-6-9(3)17-14(18-12)19-13-5-4-10(15)7-11(13)16/h4-8H,16H2,1-3H3. The van der Waals surface area contributed by atoms with Crippen LogP contribution in [0, 0.1) is 6.92 Å². The van der Waals surface area contributed by atoms with Gasteiger partial charge in [0.15, 0.2) is 5.75 Å². The largest absolute Gasteiger partial charge is 0.422 e. The minimum absolute atomic E-state index is 0.325. The normalized spacial score (nSPS) is 10.8. The third kappa shape index (κ3) is 3.44. The summed E-state index contributed by atoms with van der Waals surface area (Å²) < 4.78 is 6.58. The van der Waals surface area contributed by atoms with E-state index < -0.39 is 0 Å². The average molecular weight is 322 g/mol. The van der Waals surface area contributed by atoms with Crippen molar-refractivity contribution in [3.63, 3.8) is 0 Å². The highest BCUT2D eigenvalue weighted by Crippen LogP contribution is 2.29. The number of nitrogens with zero attached hydrogens (tertiary/aromatic N) is 2. The second kappa shape index (κ2) is 5.57. The van der Waals surface area contributed by atoms with E-state index in [-0.39, 0.29) is 0 Å². The summed E-state index contributed by atoms with van der Waals surface area (Å²) >= 11 is 3.36. The highest BCUT2D eigenvalue weighted by atomic mass is 79.9. The van der Waals surface area contributed by atoms with E-state index in [4.69, 9.17) is 10.5 Å². The van der Waals surface area contributed by atoms with Crippen molar-refractivity contribution in [3.05, 3.63) is 40.1 Å². The molecule has 2 rings (SSSR count). The number of hydrogen-bond acceptors (Lipinski definition) is 4. The van der Waals surface area contributed by atoms with Gasteiger partial charge in [-0.1, -0.05) is 29.8 Å². The first-order valence-corrected chi connectivity index (χ1v) is 6.83. The predicted molar refractivity (Wildman–Crippen MR) is 79.5 cm³/mol. The molecule has 2 N–H and O–H groups in total. The molecule has 0 spiro atoms. The van der Waals surface area contributed by atoms with Gasteiger partial charge in [0, 0.05) is 10.2 Å². The topological polar surface area (TPSA) is 61.0 Å². The highest BCUT2D eigenvalue weighted by molar-refractivity contribution is 9.10. The van der Waals surface area contributed by atoms with Gasteiger partial charge in [0.05, 0.1) is 11.4 Å². The molecule has 4 nitrogen and oxygen atoms in total. The van der Waals surface area contributed by atoms with Crippen molar-refractivity contribution in [3.8, 4) is 11.8 Å². The summed E-state index contributed by atoms with van der Waals surface area (Å²) in [5, 5.41) is 0. The van der Waals surface area contributed by atoms with E-state index >= 15 is 0 Å². The Balaban J connectivity index is 2.32. The Morgan fingerprint density at radius 3 is 2.58 bits per heavy atom. The van der Waals surface area contributed by atoms with E-state index in [1.54, 1.807) is 12.1 Å². The van der Waals surface area contributed by atoms with Crippen LogP contribution in [0.4, 0.5) is 5.69 Å². The molecule has 1 aromatic carbocycles. The fourth-order valence-corrected chi connectivity index (χ4v) is 2.00. The second-order valence-electron chi connectivity index (χ2n) is 4.66. The van der Waals surface area contributed by atoms with Gasteiger partial charge >= 0.3 is 6.01 Å². The number of ether oxygens (including phenoxy) is 1. The van der Waals surface area contributed by atoms with Crippen LogP contribution in [0.2, 0.25) is 0 Å². The molecule has 0 unspecified atom stereocenters. The second-order valence-corrected chi connectivity index (χ2v) is 5.57. The summed E-state index contributed by atoms with van der Waals surface area (Å²) in [6.45, 7) is 6.09. The predicted octanol–water partition coefficient (Wildman–Crippen LogP) is 4.05. The molecule has 0 saturated carbocycles. The lowest BCUT2D eigenvalue weighted by molar-refractivity contribution is 0.438. The molecule has 100 valence electrons. The Kier molecular flexibility index (Phi) is 4.04. The van der Waals surface area contributed by atoms with E-state index in [1.165, 1.54) is 0 Å². The van der Waals surface area contributed by atoms with Crippen molar-refractivity contribution < 1.29 is 4.74 Å². The Bertz CT molecular complexity index is 599. The molecule has 1 aromatic heterocycles. The lowest BCUT2D eigenvalue weighted by Crippen LogP contribution is -2.01. The minimum Gasteiger partial charge on any atom is -0.422 e. The van der Waals surface area contributed by atoms with Gasteiger partial charge in [-0.3, -0.25) is 0 Å². The molecule has 0 aliphatic heterocycles. The van der Waals surface area contributed by atoms with Crippen LogP contribution in [0.25, 0.3) is 0 Å². The Hall–Kier alpha value is -1.62. The number of hydrogen-bond donors (Lipinski definition) is 1. The first kappa shape index (κ1) is 13.8. The van der Waals surface area contributed by atoms with Gasteiger partial charge in [0.1, 0.15) is 0 Å². The Morgan fingerprint density at radius 1 is 1.21 bits per heavy atom. The highest BCUT2D eigenvalue weighted by Gasteiger charge is 2.09. The summed E-state index contributed by atoms with van der Waals surface area (Å²) in [5.41, 5.74) is 8.28. The maximum atomic E-state index is 5.89. The zero-order valence-corrected chi connectivity index (χ0v) is 12.7. The SMILES string of the molecule is Cc1cc(C(C)C)nc(Oc2ccc(Br)cc2N)n1. The van der Waals surface area contributed by atoms with Gasteiger partial charge in [-0.2, -0.15) is 4.98 Å². The van der Waals surface area contributed by atoms with E-state index in [1.807, 2.05) is 19.1 Å². The van der Waals surface area contributed by atoms with Crippen LogP contribution < -0.4 is 10.5 Å². The zero-order valence-electron chi connectivity index (χ0n) is 11.1. The van der Waals surface area contributed by atoms with Gasteiger partial charge in [-0.15, -0.1) is 0 Å². The smallest absolute Gasteiger partial charge is 0.322 e. The third-order valence-electron chi connectivity index (χ3n) is 2.62. The monoisotopic (exact) mass is 321 g/mol. The fourth-order valence-electron chi connectivity index (χ4n) is 1.62. The molecule has 0 atom stereocenters. The van der Waals surface area contributed by atoms with Crippen molar-refractivity contribution in [2.24, 2.45) is 0 Å². The average Bonchev–Trinajstić information content (AvgIpc) is 2.32. The van der Waals surface area contributed by atoms with Gasteiger partial charge < -0.3 is 10.5 Å². The molecule has 0 amide bonds. The maximum absolute atomic E-state index is 5.89. The van der Waals surface area contributed by atoms with Crippen LogP contribution in [0.1, 0.15) is 31.2 Å². The number of aromatic nitrogens is 2. The Morgan fingerprint density at radius 2 is 1.95 bits per heavy atom. The zero-order chi connectivity index (χ0) is 14.0. The van der Waals surface area contributed by atoms with Gasteiger partial charge in [0.2, 0.25) is 0 Å². The van der Waals surface area contributed by atoms with Gasteiger partial charge in [-0.05, 0) is 37.1 Å². The molecule has 0 aliphatic carbocycles. The third-order valence-corrected chi connectivity index (χ3v) is 3.11. The van der Waals surface area contributed by atoms with E-state index in [2.05, 4.69) is 39.7 Å². The summed E-state index contributed by atoms with van der Waals surface area (Å²) in [7, 11) is 0. The summed E-state index contributed by atoms with van der Waals surface area (Å²) in [5.74, 6) is 0.884. The number of aryl methyl sites for hydroxylation is 1. The fraction of sp³-hybridized carbons (Fsp3) is 0.286. The van der Waals surface area contributed by atoms with Crippen molar-refractivity contribution in [1.82, 2.24) is 9.97 Å². The maximum Gasteiger partial charge on any atom is 0.322 e. The molecule has 19 heavy (non-hydrogen) atoms. The summed E-state index contributed by atoms with van der Waals surface area (Å²) in [4.78, 5) is 8.67. The van der Waals surface area contributed by atoms with Crippen LogP contribution in [0.15, 0.2) is 28.7 Å². The summed E-state index contributed by atoms with van der Waals surface area (Å²) in [6.07, 6.45) is 0. The lowest BCUT2D eigenvalue weighted by atomic mass is 10.1. The van der Waals surface area contributed by atoms with Crippen LogP contribution in [-0.4, -0.2) is 9.97 Å². The molecule has 1 heterocycles. The molecule has 0 saturated heterocycles. The lowest BCUT2D eigenvalue weighted by Gasteiger charge is -2.10. The van der Waals surface area contributed by atoms with Crippen molar-refractivity contribution in [2.75, 3.05) is 5.73 Å². The number of nitrogens with two attached hydrogens (primary N) is 1. The molecule has 5 heteroatoms. The Labute approximate surface area is 121 Å². The van der Waals surface area contributed by atoms with E-state index in [9.17, 15) is 0 Å². The van der Waals surface area contributed by atoms with Crippen LogP contribution in [0.5, 0.6) is 11.8 Å². The number of benzene rings is 1. The molecule has 0 aliphatic rings. The minimum atomic E-state index is 0.325. The van der Waals surface area contributed by atoms with Crippen LogP contribution in [0.3, 0.4) is 0 Å². The molecule has 2 aromatic rings. The quantitative estimate of drug-likeness (QED) is 0.866. The number of rotatable bonds is 3. The van der Waals surface area contributed by atoms with Crippen LogP contribution >= 0.6 is 15.9 Å². The number of halogens is 1. The van der Waals surface area contributed by atoms with Crippen LogP contribution in [-0.2, 0) is 0 Å². The van der Waals surface area contributed by atoms with Gasteiger partial charge in [0.25, 0.3) is 0 Å². The molecular weight excluding hydrogens is 306 g/mol. The van der Waals surface area contributed by atoms with Gasteiger partial charge in [-0.25, -0.2) is 4.98 Å². The molecular formula is C14H16BrN3O. The van der Waals surface area contributed by atoms with E-state index in [0.717, 1.165) is 15.9 Å². The molecule has 0 bridgehead atoms. The van der Waals surface area contributed by atoms with E-state index in [0.29, 0.717) is 23.4 Å². The molecule has 0 radical (unpaired) electrons. The van der Waals surface area contributed by atoms with Crippen molar-refractivity contribution in [1.29, 1.82) is 0 Å². The van der Waals surface area contributed by atoms with Crippen molar-refractivity contribution in [2.45, 2.75) is 26.7 Å². The first-order valence-electron chi connectivity index (χ1n) is 6.04. The first-order chi connectivity index (χ1) is 8.95. The van der Waals surface area contributed by atoms with Crippen molar-refractivity contribution >= 4 is 21.6 Å². The number of nitrogen functional groups attached to an aromatic ring is 1.